The number of hydrogen-bond donors (Lipinski definition) is 2. The van der Waals surface area contributed by atoms with E-state index in [2.05, 4.69) is 17.2 Å². The lowest BCUT2D eigenvalue weighted by molar-refractivity contribution is 0.149. The van der Waals surface area contributed by atoms with Crippen LogP contribution in [0.1, 0.15) is 32.6 Å². The highest BCUT2D eigenvalue weighted by molar-refractivity contribution is 6.30. The van der Waals surface area contributed by atoms with Crippen molar-refractivity contribution in [2.45, 2.75) is 38.1 Å². The first-order chi connectivity index (χ1) is 8.54. The SMILES string of the molecule is CC1CCCC(CO)(Nc2ncc(Cl)cc2F)C1. The molecule has 2 atom stereocenters. The third kappa shape index (κ3) is 2.93. The van der Waals surface area contributed by atoms with Gasteiger partial charge in [0.1, 0.15) is 0 Å². The van der Waals surface area contributed by atoms with Crippen molar-refractivity contribution < 1.29 is 9.50 Å². The Labute approximate surface area is 111 Å². The lowest BCUT2D eigenvalue weighted by atomic mass is 9.77. The van der Waals surface area contributed by atoms with Crippen molar-refractivity contribution in [1.29, 1.82) is 0 Å². The molecule has 18 heavy (non-hydrogen) atoms. The van der Waals surface area contributed by atoms with Gasteiger partial charge in [-0.3, -0.25) is 0 Å². The zero-order chi connectivity index (χ0) is 13.2. The van der Waals surface area contributed by atoms with Crippen LogP contribution in [-0.4, -0.2) is 22.2 Å². The number of nitrogens with one attached hydrogen (secondary N) is 1. The largest absolute Gasteiger partial charge is 0.394 e. The quantitative estimate of drug-likeness (QED) is 0.888. The van der Waals surface area contributed by atoms with Crippen molar-refractivity contribution >= 4 is 17.4 Å². The van der Waals surface area contributed by atoms with Gasteiger partial charge in [-0.1, -0.05) is 31.4 Å². The number of pyridine rings is 1. The molecule has 0 amide bonds. The second-order valence-electron chi connectivity index (χ2n) is 5.25. The standard InChI is InChI=1S/C13H18ClFN2O/c1-9-3-2-4-13(6-9,8-18)17-12-11(15)5-10(14)7-16-12/h5,7,9,18H,2-4,6,8H2,1H3,(H,16,17). The number of aliphatic hydroxyl groups is 1. The molecule has 100 valence electrons. The highest BCUT2D eigenvalue weighted by Gasteiger charge is 2.35. The van der Waals surface area contributed by atoms with E-state index in [1.807, 2.05) is 0 Å². The Morgan fingerprint density at radius 3 is 3.06 bits per heavy atom. The smallest absolute Gasteiger partial charge is 0.166 e. The Kier molecular flexibility index (Phi) is 4.07. The summed E-state index contributed by atoms with van der Waals surface area (Å²) in [6, 6.07) is 1.23. The van der Waals surface area contributed by atoms with Crippen molar-refractivity contribution in [2.75, 3.05) is 11.9 Å². The number of hydrogen-bond acceptors (Lipinski definition) is 3. The molecule has 1 saturated carbocycles. The fourth-order valence-corrected chi connectivity index (χ4v) is 2.86. The monoisotopic (exact) mass is 272 g/mol. The normalized spacial score (nSPS) is 28.1. The summed E-state index contributed by atoms with van der Waals surface area (Å²) in [5.74, 6) is 0.213. The Morgan fingerprint density at radius 2 is 2.44 bits per heavy atom. The van der Waals surface area contributed by atoms with Crippen molar-refractivity contribution in [3.63, 3.8) is 0 Å². The van der Waals surface area contributed by atoms with E-state index in [1.54, 1.807) is 0 Å². The molecule has 5 heteroatoms. The number of anilines is 1. The fourth-order valence-electron chi connectivity index (χ4n) is 2.71. The van der Waals surface area contributed by atoms with E-state index in [4.69, 9.17) is 11.6 Å². The summed E-state index contributed by atoms with van der Waals surface area (Å²) in [7, 11) is 0. The number of aromatic nitrogens is 1. The molecule has 1 aliphatic carbocycles. The Balaban J connectivity index is 2.19. The average Bonchev–Trinajstić information content (AvgIpc) is 2.33. The molecule has 0 bridgehead atoms. The van der Waals surface area contributed by atoms with E-state index in [1.165, 1.54) is 12.3 Å². The maximum Gasteiger partial charge on any atom is 0.166 e. The van der Waals surface area contributed by atoms with E-state index in [9.17, 15) is 9.50 Å². The first kappa shape index (κ1) is 13.6. The zero-order valence-corrected chi connectivity index (χ0v) is 11.2. The molecule has 2 unspecified atom stereocenters. The number of aliphatic hydroxyl groups excluding tert-OH is 1. The minimum Gasteiger partial charge on any atom is -0.394 e. The number of rotatable bonds is 3. The summed E-state index contributed by atoms with van der Waals surface area (Å²) in [6.45, 7) is 2.14. The van der Waals surface area contributed by atoms with Crippen LogP contribution in [-0.2, 0) is 0 Å². The number of halogens is 2. The van der Waals surface area contributed by atoms with Gasteiger partial charge in [0.2, 0.25) is 0 Å². The lowest BCUT2D eigenvalue weighted by Gasteiger charge is -2.39. The Morgan fingerprint density at radius 1 is 1.67 bits per heavy atom. The van der Waals surface area contributed by atoms with Crippen LogP contribution in [0.15, 0.2) is 12.3 Å². The molecule has 0 saturated heterocycles. The summed E-state index contributed by atoms with van der Waals surface area (Å²) >= 11 is 5.67. The van der Waals surface area contributed by atoms with Gasteiger partial charge in [0.15, 0.2) is 11.6 Å². The van der Waals surface area contributed by atoms with E-state index >= 15 is 0 Å². The van der Waals surface area contributed by atoms with Crippen molar-refractivity contribution in [3.05, 3.63) is 23.1 Å². The molecule has 1 aromatic heterocycles. The molecule has 2 rings (SSSR count). The topological polar surface area (TPSA) is 45.1 Å². The summed E-state index contributed by atoms with van der Waals surface area (Å²) in [6.07, 6.45) is 5.25. The van der Waals surface area contributed by atoms with Gasteiger partial charge in [-0.15, -0.1) is 0 Å². The average molecular weight is 273 g/mol. The summed E-state index contributed by atoms with van der Waals surface area (Å²) in [5.41, 5.74) is -0.459. The van der Waals surface area contributed by atoms with E-state index in [0.29, 0.717) is 5.92 Å². The van der Waals surface area contributed by atoms with Crippen LogP contribution in [0.4, 0.5) is 10.2 Å². The van der Waals surface area contributed by atoms with Crippen LogP contribution >= 0.6 is 11.6 Å². The van der Waals surface area contributed by atoms with Gasteiger partial charge in [0.25, 0.3) is 0 Å². The van der Waals surface area contributed by atoms with Gasteiger partial charge in [-0.25, -0.2) is 9.37 Å². The molecule has 0 radical (unpaired) electrons. The molecule has 3 nitrogen and oxygen atoms in total. The minimum atomic E-state index is -0.478. The summed E-state index contributed by atoms with van der Waals surface area (Å²) in [5, 5.41) is 13.0. The van der Waals surface area contributed by atoms with Gasteiger partial charge in [-0.2, -0.15) is 0 Å². The van der Waals surface area contributed by atoms with Gasteiger partial charge >= 0.3 is 0 Å². The van der Waals surface area contributed by atoms with E-state index in [-0.39, 0.29) is 17.4 Å². The minimum absolute atomic E-state index is 0.0128. The molecule has 0 aliphatic heterocycles. The molecule has 1 heterocycles. The first-order valence-corrected chi connectivity index (χ1v) is 6.62. The van der Waals surface area contributed by atoms with Crippen molar-refractivity contribution in [2.24, 2.45) is 5.92 Å². The van der Waals surface area contributed by atoms with Crippen LogP contribution in [0.25, 0.3) is 0 Å². The maximum atomic E-state index is 13.7. The van der Waals surface area contributed by atoms with Crippen molar-refractivity contribution in [3.8, 4) is 0 Å². The predicted molar refractivity (Wildman–Crippen MR) is 70.3 cm³/mol. The van der Waals surface area contributed by atoms with E-state index in [0.717, 1.165) is 25.7 Å². The predicted octanol–water partition coefficient (Wildman–Crippen LogP) is 3.23. The number of nitrogens with zero attached hydrogens (tertiary/aromatic N) is 1. The molecule has 1 fully saturated rings. The van der Waals surface area contributed by atoms with Crippen LogP contribution in [0.3, 0.4) is 0 Å². The highest BCUT2D eigenvalue weighted by Crippen LogP contribution is 2.35. The molecular weight excluding hydrogens is 255 g/mol. The third-order valence-corrected chi connectivity index (χ3v) is 3.79. The fraction of sp³-hybridized carbons (Fsp3) is 0.615. The van der Waals surface area contributed by atoms with Gasteiger partial charge in [0, 0.05) is 6.20 Å². The molecule has 0 aromatic carbocycles. The summed E-state index contributed by atoms with van der Waals surface area (Å²) in [4.78, 5) is 3.96. The second-order valence-corrected chi connectivity index (χ2v) is 5.69. The maximum absolute atomic E-state index is 13.7. The van der Waals surface area contributed by atoms with Gasteiger partial charge in [-0.05, 0) is 24.8 Å². The van der Waals surface area contributed by atoms with E-state index < -0.39 is 11.4 Å². The first-order valence-electron chi connectivity index (χ1n) is 6.25. The Hall–Kier alpha value is -0.870. The lowest BCUT2D eigenvalue weighted by Crippen LogP contribution is -2.46. The van der Waals surface area contributed by atoms with Crippen LogP contribution < -0.4 is 5.32 Å². The van der Waals surface area contributed by atoms with Gasteiger partial charge in [0.05, 0.1) is 17.2 Å². The third-order valence-electron chi connectivity index (χ3n) is 3.59. The van der Waals surface area contributed by atoms with Crippen LogP contribution in [0.5, 0.6) is 0 Å². The summed E-state index contributed by atoms with van der Waals surface area (Å²) < 4.78 is 13.7. The molecule has 0 spiro atoms. The van der Waals surface area contributed by atoms with Crippen molar-refractivity contribution in [1.82, 2.24) is 4.98 Å². The van der Waals surface area contributed by atoms with Gasteiger partial charge < -0.3 is 10.4 Å². The molecule has 1 aliphatic rings. The van der Waals surface area contributed by atoms with Crippen LogP contribution in [0, 0.1) is 11.7 Å². The second kappa shape index (κ2) is 5.41. The molecular formula is C13H18ClFN2O. The molecule has 1 aromatic rings. The molecule has 2 N–H and O–H groups in total. The highest BCUT2D eigenvalue weighted by atomic mass is 35.5. The van der Waals surface area contributed by atoms with Crippen LogP contribution in [0.2, 0.25) is 5.02 Å². The zero-order valence-electron chi connectivity index (χ0n) is 10.4. The Bertz CT molecular complexity index is 429.